The van der Waals surface area contributed by atoms with E-state index in [9.17, 15) is 10.1 Å². The molecule has 0 aliphatic carbocycles. The van der Waals surface area contributed by atoms with Gasteiger partial charge in [0.25, 0.3) is 0 Å². The van der Waals surface area contributed by atoms with Gasteiger partial charge in [-0.2, -0.15) is 0 Å². The van der Waals surface area contributed by atoms with Crippen LogP contribution >= 0.6 is 0 Å². The van der Waals surface area contributed by atoms with Crippen LogP contribution in [0.5, 0.6) is 0 Å². The van der Waals surface area contributed by atoms with Crippen molar-refractivity contribution in [1.82, 2.24) is 9.55 Å². The van der Waals surface area contributed by atoms with Crippen molar-refractivity contribution < 1.29 is 9.66 Å². The minimum Gasteiger partial charge on any atom is -0.369 e. The number of imidazole rings is 1. The van der Waals surface area contributed by atoms with E-state index >= 15 is 0 Å². The van der Waals surface area contributed by atoms with Crippen molar-refractivity contribution in [2.45, 2.75) is 18.9 Å². The predicted molar refractivity (Wildman–Crippen MR) is 47.9 cm³/mol. The summed E-state index contributed by atoms with van der Waals surface area (Å²) in [7, 11) is 1.75. The maximum Gasteiger partial charge on any atom is 0.381 e. The first-order valence-electron chi connectivity index (χ1n) is 4.31. The van der Waals surface area contributed by atoms with E-state index in [2.05, 4.69) is 4.98 Å². The molecule has 2 heterocycles. The maximum absolute atomic E-state index is 10.4. The highest BCUT2D eigenvalue weighted by Gasteiger charge is 2.42. The Bertz CT molecular complexity index is 381. The van der Waals surface area contributed by atoms with E-state index in [-0.39, 0.29) is 11.4 Å². The van der Waals surface area contributed by atoms with Gasteiger partial charge in [0, 0.05) is 7.05 Å². The molecule has 0 bridgehead atoms. The first kappa shape index (κ1) is 9.14. The van der Waals surface area contributed by atoms with Gasteiger partial charge in [0.2, 0.25) is 5.82 Å². The second-order valence-corrected chi connectivity index (χ2v) is 3.80. The zero-order valence-corrected chi connectivity index (χ0v) is 8.06. The van der Waals surface area contributed by atoms with Crippen LogP contribution in [-0.2, 0) is 18.2 Å². The average Bonchev–Trinajstić information content (AvgIpc) is 2.69. The minimum atomic E-state index is -0.487. The fourth-order valence-corrected chi connectivity index (χ4v) is 1.30. The molecule has 6 nitrogen and oxygen atoms in total. The molecular formula is C8H11N3O3. The summed E-state index contributed by atoms with van der Waals surface area (Å²) in [4.78, 5) is 13.9. The summed E-state index contributed by atoms with van der Waals surface area (Å²) in [5, 5.41) is 10.4. The Morgan fingerprint density at radius 2 is 2.50 bits per heavy atom. The highest BCUT2D eigenvalue weighted by atomic mass is 16.6. The van der Waals surface area contributed by atoms with Crippen molar-refractivity contribution in [1.29, 1.82) is 0 Å². The van der Waals surface area contributed by atoms with E-state index < -0.39 is 4.92 Å². The third-order valence-electron chi connectivity index (χ3n) is 2.32. The van der Waals surface area contributed by atoms with Crippen LogP contribution < -0.4 is 0 Å². The summed E-state index contributed by atoms with van der Waals surface area (Å²) in [6.07, 6.45) is 2.04. The van der Waals surface area contributed by atoms with Crippen LogP contribution in [0.3, 0.4) is 0 Å². The molecule has 2 rings (SSSR count). The Morgan fingerprint density at radius 1 is 1.86 bits per heavy atom. The first-order valence-corrected chi connectivity index (χ1v) is 4.31. The fraction of sp³-hybridized carbons (Fsp3) is 0.625. The van der Waals surface area contributed by atoms with Crippen LogP contribution in [0.25, 0.3) is 0 Å². The summed E-state index contributed by atoms with van der Waals surface area (Å²) in [6.45, 7) is 2.67. The van der Waals surface area contributed by atoms with Gasteiger partial charge < -0.3 is 19.4 Å². The van der Waals surface area contributed by atoms with E-state index in [0.29, 0.717) is 18.9 Å². The number of nitrogens with zero attached hydrogens (tertiary/aromatic N) is 3. The molecule has 1 aliphatic rings. The van der Waals surface area contributed by atoms with E-state index in [4.69, 9.17) is 4.74 Å². The van der Waals surface area contributed by atoms with E-state index in [1.54, 1.807) is 11.6 Å². The molecule has 6 heteroatoms. The number of hydrogen-bond acceptors (Lipinski definition) is 4. The normalized spacial score (nSPS) is 25.0. The van der Waals surface area contributed by atoms with Gasteiger partial charge in [-0.15, -0.1) is 0 Å². The number of nitro groups is 1. The zero-order chi connectivity index (χ0) is 10.3. The maximum atomic E-state index is 10.4. The summed E-state index contributed by atoms with van der Waals surface area (Å²) in [6, 6.07) is 0. The van der Waals surface area contributed by atoms with Gasteiger partial charge in [0.1, 0.15) is 6.20 Å². The lowest BCUT2D eigenvalue weighted by molar-refractivity contribution is -0.389. The molecule has 1 unspecified atom stereocenters. The molecule has 1 aromatic heterocycles. The largest absolute Gasteiger partial charge is 0.381 e. The lowest BCUT2D eigenvalue weighted by Crippen LogP contribution is -2.12. The average molecular weight is 197 g/mol. The van der Waals surface area contributed by atoms with Crippen molar-refractivity contribution >= 4 is 5.82 Å². The second-order valence-electron chi connectivity index (χ2n) is 3.80. The Balaban J connectivity index is 2.21. The monoisotopic (exact) mass is 197 g/mol. The predicted octanol–water partition coefficient (Wildman–Crippen LogP) is 0.660. The zero-order valence-electron chi connectivity index (χ0n) is 8.06. The van der Waals surface area contributed by atoms with Gasteiger partial charge in [-0.05, 0) is 16.8 Å². The molecule has 0 radical (unpaired) electrons. The Hall–Kier alpha value is -1.43. The molecule has 76 valence electrons. The topological polar surface area (TPSA) is 73.5 Å². The molecular weight excluding hydrogens is 186 g/mol. The summed E-state index contributed by atoms with van der Waals surface area (Å²) < 4.78 is 6.87. The summed E-state index contributed by atoms with van der Waals surface area (Å²) >= 11 is 0. The number of ether oxygens (including phenoxy) is 1. The molecule has 1 fully saturated rings. The van der Waals surface area contributed by atoms with Gasteiger partial charge in [-0.1, -0.05) is 0 Å². The number of hydrogen-bond donors (Lipinski definition) is 0. The van der Waals surface area contributed by atoms with Crippen LogP contribution in [0.1, 0.15) is 12.7 Å². The highest BCUT2D eigenvalue weighted by molar-refractivity contribution is 5.18. The molecule has 0 amide bonds. The lowest BCUT2D eigenvalue weighted by atomic mass is 10.1. The molecule has 1 saturated heterocycles. The van der Waals surface area contributed by atoms with Crippen LogP contribution in [0.2, 0.25) is 0 Å². The molecule has 0 spiro atoms. The lowest BCUT2D eigenvalue weighted by Gasteiger charge is -1.99. The number of rotatable bonds is 3. The van der Waals surface area contributed by atoms with Gasteiger partial charge >= 0.3 is 5.82 Å². The van der Waals surface area contributed by atoms with Crippen molar-refractivity contribution in [3.05, 3.63) is 22.1 Å². The van der Waals surface area contributed by atoms with Gasteiger partial charge in [0.05, 0.1) is 18.6 Å². The Labute approximate surface area is 80.7 Å². The summed E-state index contributed by atoms with van der Waals surface area (Å²) in [5.41, 5.74) is -0.160. The SMILES string of the molecule is Cn1cc([N+](=O)[O-])nc1CC1(C)CO1. The van der Waals surface area contributed by atoms with Crippen molar-refractivity contribution in [3.8, 4) is 0 Å². The number of epoxide rings is 1. The van der Waals surface area contributed by atoms with Crippen molar-refractivity contribution in [2.24, 2.45) is 7.05 Å². The Morgan fingerprint density at radius 3 is 2.93 bits per heavy atom. The highest BCUT2D eigenvalue weighted by Crippen LogP contribution is 2.30. The van der Waals surface area contributed by atoms with Crippen LogP contribution in [-0.4, -0.2) is 26.7 Å². The quantitative estimate of drug-likeness (QED) is 0.405. The van der Waals surface area contributed by atoms with E-state index in [0.717, 1.165) is 0 Å². The van der Waals surface area contributed by atoms with Crippen LogP contribution in [0.4, 0.5) is 5.82 Å². The van der Waals surface area contributed by atoms with Gasteiger partial charge in [-0.25, -0.2) is 0 Å². The first-order chi connectivity index (χ1) is 6.50. The van der Waals surface area contributed by atoms with E-state index in [1.165, 1.54) is 6.20 Å². The van der Waals surface area contributed by atoms with Crippen LogP contribution in [0, 0.1) is 10.1 Å². The molecule has 1 aliphatic heterocycles. The smallest absolute Gasteiger partial charge is 0.369 e. The molecule has 0 saturated carbocycles. The number of aromatic nitrogens is 2. The van der Waals surface area contributed by atoms with Crippen molar-refractivity contribution in [2.75, 3.05) is 6.61 Å². The third-order valence-corrected chi connectivity index (χ3v) is 2.32. The standard InChI is InChI=1S/C8H11N3O3/c1-8(5-14-8)3-6-9-7(11(12)13)4-10(6)2/h4H,3,5H2,1-2H3. The molecule has 0 aromatic carbocycles. The van der Waals surface area contributed by atoms with E-state index in [1.807, 2.05) is 6.92 Å². The van der Waals surface area contributed by atoms with Gasteiger partial charge in [-0.3, -0.25) is 0 Å². The fourth-order valence-electron chi connectivity index (χ4n) is 1.30. The van der Waals surface area contributed by atoms with Crippen LogP contribution in [0.15, 0.2) is 6.20 Å². The number of aryl methyl sites for hydroxylation is 1. The summed E-state index contributed by atoms with van der Waals surface area (Å²) in [5.74, 6) is 0.587. The molecule has 0 N–H and O–H groups in total. The molecule has 1 atom stereocenters. The van der Waals surface area contributed by atoms with Gasteiger partial charge in [0.15, 0.2) is 0 Å². The minimum absolute atomic E-state index is 0.105. The third kappa shape index (κ3) is 1.60. The molecule has 14 heavy (non-hydrogen) atoms. The van der Waals surface area contributed by atoms with Crippen molar-refractivity contribution in [3.63, 3.8) is 0 Å². The Kier molecular flexibility index (Phi) is 1.81. The second kappa shape index (κ2) is 2.78. The molecule has 1 aromatic rings.